The summed E-state index contributed by atoms with van der Waals surface area (Å²) in [6, 6.07) is 12.2. The number of ether oxygens (including phenoxy) is 2. The monoisotopic (exact) mass is 702 g/mol. The molecule has 1 saturated heterocycles. The van der Waals surface area contributed by atoms with Crippen molar-refractivity contribution in [2.45, 2.75) is 25.7 Å². The van der Waals surface area contributed by atoms with Gasteiger partial charge in [0.2, 0.25) is 0 Å². The van der Waals surface area contributed by atoms with Gasteiger partial charge in [0.05, 0.1) is 73.2 Å². The second-order valence-corrected chi connectivity index (χ2v) is 12.1. The molecular formula is C34H32ClF5N6O3. The third-order valence-corrected chi connectivity index (χ3v) is 8.81. The minimum atomic E-state index is -4.18. The number of aromatic nitrogens is 2. The number of carbonyl (C=O) groups excluding carboxylic acids is 1. The highest BCUT2D eigenvalue weighted by atomic mass is 35.5. The first-order valence-corrected chi connectivity index (χ1v) is 15.8. The Kier molecular flexibility index (Phi) is 9.79. The lowest BCUT2D eigenvalue weighted by Crippen LogP contribution is -2.47. The maximum absolute atomic E-state index is 15.5. The molecule has 4 aromatic rings. The molecule has 0 unspecified atom stereocenters. The van der Waals surface area contributed by atoms with E-state index in [0.29, 0.717) is 49.2 Å². The van der Waals surface area contributed by atoms with E-state index in [0.717, 1.165) is 23.4 Å². The van der Waals surface area contributed by atoms with Crippen LogP contribution in [0.2, 0.25) is 5.02 Å². The zero-order valence-electron chi connectivity index (χ0n) is 26.6. The van der Waals surface area contributed by atoms with E-state index in [1.165, 1.54) is 25.2 Å². The number of hydrogen-bond acceptors (Lipinski definition) is 8. The Morgan fingerprint density at radius 2 is 1.67 bits per heavy atom. The molecule has 0 spiro atoms. The number of anilines is 3. The molecule has 2 aliphatic heterocycles. The van der Waals surface area contributed by atoms with Gasteiger partial charge in [0.25, 0.3) is 5.91 Å². The van der Waals surface area contributed by atoms with Gasteiger partial charge in [-0.2, -0.15) is 13.2 Å². The van der Waals surface area contributed by atoms with Crippen LogP contribution in [0.5, 0.6) is 11.5 Å². The number of piperazine rings is 1. The maximum Gasteiger partial charge on any atom is 0.390 e. The Morgan fingerprint density at radius 3 is 2.31 bits per heavy atom. The van der Waals surface area contributed by atoms with Crippen LogP contribution in [0.1, 0.15) is 28.0 Å². The molecule has 0 atom stereocenters. The van der Waals surface area contributed by atoms with Crippen molar-refractivity contribution < 1.29 is 36.2 Å². The van der Waals surface area contributed by atoms with Crippen LogP contribution in [0.4, 0.5) is 39.1 Å². The number of nitrogens with zero attached hydrogens (tertiary/aromatic N) is 5. The summed E-state index contributed by atoms with van der Waals surface area (Å²) < 4.78 is 79.3. The molecular weight excluding hydrogens is 671 g/mol. The second kappa shape index (κ2) is 14.0. The van der Waals surface area contributed by atoms with E-state index < -0.39 is 29.8 Å². The number of nitrogens with one attached hydrogen (secondary N) is 1. The predicted octanol–water partition coefficient (Wildman–Crippen LogP) is 7.07. The SMILES string of the molecule is COc1ccc(CN2Cc3nc(-c4c(F)cc(Nc5ccc(N6CCN(CCC(F)(F)F)CC6)cn5)cc4F)cc(Cl)c3C2=O)c(OC)c1. The van der Waals surface area contributed by atoms with Crippen LogP contribution in [0.25, 0.3) is 11.3 Å². The van der Waals surface area contributed by atoms with Crippen molar-refractivity contribution in [2.24, 2.45) is 0 Å². The standard InChI is InChI=1S/C34H32ClF5N6O3/c1-48-23-5-3-20(29(15-23)49-2)18-46-19-28-31(33(46)47)24(35)16-27(43-28)32-25(36)13-21(14-26(32)37)42-30-6-4-22(17-41-30)45-11-9-44(10-12-45)8-7-34(38,39)40/h3-6,13-17H,7-12,18-19H2,1-2H3,(H,41,42). The quantitative estimate of drug-likeness (QED) is 0.176. The van der Waals surface area contributed by atoms with E-state index in [4.69, 9.17) is 21.1 Å². The van der Waals surface area contributed by atoms with E-state index in [1.807, 2.05) is 4.90 Å². The highest BCUT2D eigenvalue weighted by molar-refractivity contribution is 6.34. The van der Waals surface area contributed by atoms with Crippen LogP contribution in [-0.4, -0.2) is 78.8 Å². The van der Waals surface area contributed by atoms with Crippen LogP contribution in [-0.2, 0) is 13.1 Å². The molecule has 0 aliphatic carbocycles. The Labute approximate surface area is 284 Å². The molecule has 1 fully saturated rings. The Balaban J connectivity index is 1.12. The summed E-state index contributed by atoms with van der Waals surface area (Å²) in [4.78, 5) is 27.4. The van der Waals surface area contributed by atoms with Crippen molar-refractivity contribution in [3.63, 3.8) is 0 Å². The third kappa shape index (κ3) is 7.65. The van der Waals surface area contributed by atoms with Crippen LogP contribution in [0.15, 0.2) is 54.7 Å². The number of fused-ring (bicyclic) bond motifs is 1. The smallest absolute Gasteiger partial charge is 0.390 e. The lowest BCUT2D eigenvalue weighted by atomic mass is 10.1. The number of hydrogen-bond donors (Lipinski definition) is 1. The summed E-state index contributed by atoms with van der Waals surface area (Å²) in [5.41, 5.74) is 1.65. The summed E-state index contributed by atoms with van der Waals surface area (Å²) >= 11 is 6.49. The minimum Gasteiger partial charge on any atom is -0.497 e. The van der Waals surface area contributed by atoms with Gasteiger partial charge in [0.1, 0.15) is 29.0 Å². The first-order chi connectivity index (χ1) is 23.4. The largest absolute Gasteiger partial charge is 0.497 e. The van der Waals surface area contributed by atoms with Gasteiger partial charge in [-0.1, -0.05) is 11.6 Å². The molecule has 1 N–H and O–H groups in total. The molecule has 0 radical (unpaired) electrons. The van der Waals surface area contributed by atoms with Gasteiger partial charge in [-0.3, -0.25) is 9.69 Å². The fraction of sp³-hybridized carbons (Fsp3) is 0.324. The summed E-state index contributed by atoms with van der Waals surface area (Å²) in [5.74, 6) is -0.680. The molecule has 1 amide bonds. The minimum absolute atomic E-state index is 0.0282. The number of amides is 1. The molecule has 258 valence electrons. The number of carbonyl (C=O) groups is 1. The van der Waals surface area contributed by atoms with Crippen LogP contribution in [0, 0.1) is 11.6 Å². The van der Waals surface area contributed by atoms with Crippen molar-refractivity contribution in [1.82, 2.24) is 19.8 Å². The zero-order valence-corrected chi connectivity index (χ0v) is 27.3. The molecule has 2 aromatic carbocycles. The maximum atomic E-state index is 15.5. The zero-order chi connectivity index (χ0) is 34.9. The highest BCUT2D eigenvalue weighted by Gasteiger charge is 2.33. The van der Waals surface area contributed by atoms with Crippen LogP contribution in [0.3, 0.4) is 0 Å². The average Bonchev–Trinajstić information content (AvgIpc) is 3.38. The average molecular weight is 703 g/mol. The Morgan fingerprint density at radius 1 is 0.939 bits per heavy atom. The molecule has 6 rings (SSSR count). The normalized spacial score (nSPS) is 15.1. The second-order valence-electron chi connectivity index (χ2n) is 11.7. The fourth-order valence-corrected chi connectivity index (χ4v) is 6.25. The third-order valence-electron chi connectivity index (χ3n) is 8.51. The van der Waals surface area contributed by atoms with Gasteiger partial charge < -0.3 is 24.6 Å². The predicted molar refractivity (Wildman–Crippen MR) is 175 cm³/mol. The summed E-state index contributed by atoms with van der Waals surface area (Å²) in [6.45, 7) is 2.34. The molecule has 2 aromatic heterocycles. The van der Waals surface area contributed by atoms with Gasteiger partial charge in [-0.15, -0.1) is 0 Å². The van der Waals surface area contributed by atoms with Crippen LogP contribution >= 0.6 is 11.6 Å². The molecule has 2 aliphatic rings. The number of pyridine rings is 2. The number of alkyl halides is 3. The van der Waals surface area contributed by atoms with E-state index in [-0.39, 0.29) is 47.5 Å². The molecule has 9 nitrogen and oxygen atoms in total. The van der Waals surface area contributed by atoms with Crippen molar-refractivity contribution in [2.75, 3.05) is 57.2 Å². The van der Waals surface area contributed by atoms with Gasteiger partial charge in [-0.25, -0.2) is 18.7 Å². The lowest BCUT2D eigenvalue weighted by molar-refractivity contribution is -0.138. The Hall–Kier alpha value is -4.69. The van der Waals surface area contributed by atoms with Crippen molar-refractivity contribution >= 4 is 34.7 Å². The van der Waals surface area contributed by atoms with Gasteiger partial charge in [0.15, 0.2) is 0 Å². The fourth-order valence-electron chi connectivity index (χ4n) is 5.96. The van der Waals surface area contributed by atoms with Crippen molar-refractivity contribution in [1.29, 1.82) is 0 Å². The van der Waals surface area contributed by atoms with Gasteiger partial charge in [0, 0.05) is 50.0 Å². The first-order valence-electron chi connectivity index (χ1n) is 15.4. The number of benzene rings is 2. The van der Waals surface area contributed by atoms with Gasteiger partial charge >= 0.3 is 6.18 Å². The molecule has 4 heterocycles. The number of methoxy groups -OCH3 is 2. The van der Waals surface area contributed by atoms with Crippen molar-refractivity contribution in [3.05, 3.63) is 88.2 Å². The molecule has 0 saturated carbocycles. The van der Waals surface area contributed by atoms with Crippen molar-refractivity contribution in [3.8, 4) is 22.8 Å². The summed E-state index contributed by atoms with van der Waals surface area (Å²) in [6.07, 6.45) is -3.42. The summed E-state index contributed by atoms with van der Waals surface area (Å²) in [7, 11) is 3.05. The topological polar surface area (TPSA) is 83.1 Å². The highest BCUT2D eigenvalue weighted by Crippen LogP contribution is 2.37. The molecule has 0 bridgehead atoms. The van der Waals surface area contributed by atoms with Gasteiger partial charge in [-0.05, 0) is 42.5 Å². The molecule has 49 heavy (non-hydrogen) atoms. The summed E-state index contributed by atoms with van der Waals surface area (Å²) in [5, 5.41) is 2.93. The lowest BCUT2D eigenvalue weighted by Gasteiger charge is -2.36. The molecule has 15 heteroatoms. The van der Waals surface area contributed by atoms with E-state index >= 15 is 8.78 Å². The first kappa shape index (κ1) is 34.2. The van der Waals surface area contributed by atoms with E-state index in [9.17, 15) is 18.0 Å². The van der Waals surface area contributed by atoms with E-state index in [2.05, 4.69) is 15.3 Å². The van der Waals surface area contributed by atoms with E-state index in [1.54, 1.807) is 41.4 Å². The Bertz CT molecular complexity index is 1830. The number of halogens is 6. The number of rotatable bonds is 10. The van der Waals surface area contributed by atoms with Crippen LogP contribution < -0.4 is 19.7 Å².